The molecule has 0 bridgehead atoms. The van der Waals surface area contributed by atoms with Crippen LogP contribution in [0.4, 0.5) is 0 Å². The molecule has 0 aliphatic heterocycles. The van der Waals surface area contributed by atoms with Crippen LogP contribution in [0.15, 0.2) is 0 Å². The Kier molecular flexibility index (Phi) is 80.6. The molecule has 2 radical (unpaired) electrons. The van der Waals surface area contributed by atoms with Gasteiger partial charge in [0.05, 0.1) is 17.9 Å². The summed E-state index contributed by atoms with van der Waals surface area (Å²) >= 11 is 4.46. The molecular weight excluding hydrogens is 1030 g/mol. The van der Waals surface area contributed by atoms with Gasteiger partial charge in [0.25, 0.3) is 0 Å². The number of carbonyl (C=O) groups excluding carboxylic acids is 3. The van der Waals surface area contributed by atoms with Crippen LogP contribution < -0.4 is 15.3 Å². The summed E-state index contributed by atoms with van der Waals surface area (Å²) in [6, 6.07) is 0. The Balaban J connectivity index is -0.000000463. The predicted octanol–water partition coefficient (Wildman–Crippen LogP) is 16.8. The summed E-state index contributed by atoms with van der Waals surface area (Å²) in [6.07, 6.45) is 66.2. The van der Waals surface area contributed by atoms with Crippen molar-refractivity contribution in [3.8, 4) is 0 Å². The number of hydrogen-bond donors (Lipinski definition) is 0. The first-order valence-corrected chi connectivity index (χ1v) is 33.6. The van der Waals surface area contributed by atoms with Gasteiger partial charge >= 0.3 is 24.4 Å². The summed E-state index contributed by atoms with van der Waals surface area (Å²) in [4.78, 5) is 30.7. The van der Waals surface area contributed by atoms with Crippen molar-refractivity contribution in [3.05, 3.63) is 0 Å². The molecular formula is C60H117O6S3Sb. The second-order valence-electron chi connectivity index (χ2n) is 20.2. The second-order valence-corrected chi connectivity index (χ2v) is 23.5. The fraction of sp³-hybridized carbons (Fsp3) is 0.950. The van der Waals surface area contributed by atoms with E-state index in [0.29, 0.717) is 0 Å². The molecule has 0 atom stereocenters. The third-order valence-electron chi connectivity index (χ3n) is 13.1. The van der Waals surface area contributed by atoms with E-state index in [1.165, 1.54) is 324 Å². The van der Waals surface area contributed by atoms with Gasteiger partial charge in [-0.05, 0) is 36.5 Å². The van der Waals surface area contributed by atoms with E-state index >= 15 is 0 Å². The number of aliphatic carboxylic acids is 3. The van der Waals surface area contributed by atoms with E-state index < -0.39 is 17.9 Å². The van der Waals surface area contributed by atoms with Crippen LogP contribution in [-0.4, -0.2) is 76.9 Å². The zero-order valence-corrected chi connectivity index (χ0v) is 51.8. The minimum absolute atomic E-state index is 0. The first-order chi connectivity index (χ1) is 33.8. The zero-order valence-electron chi connectivity index (χ0n) is 46.8. The van der Waals surface area contributed by atoms with E-state index in [9.17, 15) is 29.7 Å². The van der Waals surface area contributed by atoms with E-state index in [1.807, 2.05) is 0 Å². The van der Waals surface area contributed by atoms with E-state index in [4.69, 9.17) is 0 Å². The smallest absolute Gasteiger partial charge is 0.549 e. The molecule has 70 heavy (non-hydrogen) atoms. The molecule has 0 aromatic carbocycles. The van der Waals surface area contributed by atoms with Crippen LogP contribution in [0, 0.1) is 0 Å². The third-order valence-corrected chi connectivity index (χ3v) is 16.1. The Morgan fingerprint density at radius 2 is 0.343 bits per heavy atom. The Morgan fingerprint density at radius 1 is 0.229 bits per heavy atom. The molecule has 0 N–H and O–H groups in total. The van der Waals surface area contributed by atoms with Gasteiger partial charge in [-0.15, -0.1) is 0 Å². The summed E-state index contributed by atoms with van der Waals surface area (Å²) in [5.41, 5.74) is 0. The van der Waals surface area contributed by atoms with Gasteiger partial charge < -0.3 is 29.7 Å². The largest absolute Gasteiger partial charge is 3.00 e. The molecule has 0 spiro atoms. The molecule has 0 fully saturated rings. The first-order valence-electron chi connectivity index (χ1n) is 30.1. The molecule has 0 aliphatic carbocycles. The number of unbranched alkanes of at least 4 members (excludes halogenated alkanes) is 45. The van der Waals surface area contributed by atoms with E-state index in [0.717, 1.165) is 36.5 Å². The molecule has 416 valence electrons. The fourth-order valence-corrected chi connectivity index (χ4v) is 10.9. The van der Waals surface area contributed by atoms with Crippen LogP contribution in [0.25, 0.3) is 0 Å². The predicted molar refractivity (Wildman–Crippen MR) is 311 cm³/mol. The first kappa shape index (κ1) is 76.8. The van der Waals surface area contributed by atoms with Crippen molar-refractivity contribution in [1.29, 1.82) is 0 Å². The van der Waals surface area contributed by atoms with Crippen molar-refractivity contribution < 1.29 is 29.7 Å². The Hall–Kier alpha value is 0.278. The van der Waals surface area contributed by atoms with Crippen molar-refractivity contribution in [2.24, 2.45) is 0 Å². The topological polar surface area (TPSA) is 120 Å². The second kappa shape index (κ2) is 73.5. The summed E-state index contributed by atoms with van der Waals surface area (Å²) < 4.78 is 0. The molecule has 0 aliphatic rings. The number of rotatable bonds is 57. The van der Waals surface area contributed by atoms with Gasteiger partial charge in [0.15, 0.2) is 0 Å². The van der Waals surface area contributed by atoms with E-state index in [-0.39, 0.29) is 41.7 Å². The Morgan fingerprint density at radius 3 is 0.457 bits per heavy atom. The van der Waals surface area contributed by atoms with Gasteiger partial charge in [-0.25, -0.2) is 0 Å². The fourth-order valence-electron chi connectivity index (χ4n) is 8.72. The molecule has 6 nitrogen and oxygen atoms in total. The quantitative estimate of drug-likeness (QED) is 0.0433. The van der Waals surface area contributed by atoms with Gasteiger partial charge in [-0.1, -0.05) is 310 Å². The summed E-state index contributed by atoms with van der Waals surface area (Å²) in [7, 11) is 0. The number of thioether (sulfide) groups is 3. The van der Waals surface area contributed by atoms with Crippen molar-refractivity contribution in [2.75, 3.05) is 34.5 Å². The van der Waals surface area contributed by atoms with Gasteiger partial charge in [-0.2, -0.15) is 35.3 Å². The summed E-state index contributed by atoms with van der Waals surface area (Å²) in [5, 5.41) is 30.7. The molecule has 0 rings (SSSR count). The molecule has 0 saturated heterocycles. The van der Waals surface area contributed by atoms with Crippen molar-refractivity contribution in [3.63, 3.8) is 0 Å². The molecule has 0 heterocycles. The van der Waals surface area contributed by atoms with Gasteiger partial charge in [0.2, 0.25) is 0 Å². The maximum absolute atomic E-state index is 10.2. The minimum atomic E-state index is -0.938. The normalized spacial score (nSPS) is 10.8. The monoisotopic (exact) mass is 1150 g/mol. The van der Waals surface area contributed by atoms with E-state index in [2.05, 4.69) is 20.8 Å². The van der Waals surface area contributed by atoms with Crippen molar-refractivity contribution in [1.82, 2.24) is 0 Å². The number of carboxylic acids is 3. The van der Waals surface area contributed by atoms with Crippen molar-refractivity contribution in [2.45, 2.75) is 329 Å². The molecule has 0 saturated carbocycles. The standard InChI is InChI=1S/3C20H40O2S.Sb/c3*1-2-3-4-5-6-7-8-9-10-11-12-13-14-15-16-17-18-23-19-20(21)22;/h3*2-19H2,1H3,(H,21,22);/q;;;+3/p-3. The van der Waals surface area contributed by atoms with Crippen LogP contribution in [-0.2, 0) is 14.4 Å². The maximum Gasteiger partial charge on any atom is 3.00 e. The average Bonchev–Trinajstić information content (AvgIpc) is 3.33. The molecule has 0 aromatic heterocycles. The minimum Gasteiger partial charge on any atom is -0.549 e. The number of hydrogen-bond acceptors (Lipinski definition) is 9. The maximum atomic E-state index is 10.2. The van der Waals surface area contributed by atoms with Gasteiger partial charge in [0.1, 0.15) is 0 Å². The Bertz CT molecular complexity index is 858. The van der Waals surface area contributed by atoms with Gasteiger partial charge in [-0.3, -0.25) is 0 Å². The third kappa shape index (κ3) is 85.1. The molecule has 0 amide bonds. The van der Waals surface area contributed by atoms with Crippen LogP contribution in [0.2, 0.25) is 0 Å². The Labute approximate surface area is 467 Å². The van der Waals surface area contributed by atoms with Crippen LogP contribution >= 0.6 is 35.3 Å². The molecule has 0 aromatic rings. The summed E-state index contributed by atoms with van der Waals surface area (Å²) in [6.45, 7) is 6.83. The zero-order chi connectivity index (χ0) is 51.0. The summed E-state index contributed by atoms with van der Waals surface area (Å²) in [5.74, 6) is 0.533. The van der Waals surface area contributed by atoms with Crippen LogP contribution in [0.5, 0.6) is 0 Å². The SMILES string of the molecule is CCCCCCCCCCCCCCCCCCSCC(=O)[O-].CCCCCCCCCCCCCCCCCCSCC(=O)[O-].CCCCCCCCCCCCCCCCCCSCC(=O)[O-].[Sb+3]. The van der Waals surface area contributed by atoms with Crippen molar-refractivity contribution >= 4 is 77.6 Å². The van der Waals surface area contributed by atoms with Crippen LogP contribution in [0.3, 0.4) is 0 Å². The van der Waals surface area contributed by atoms with E-state index in [1.54, 1.807) is 0 Å². The molecule has 0 unspecified atom stereocenters. The molecule has 10 heteroatoms. The average molecular weight is 1150 g/mol. The number of carboxylic acid groups (broad SMARTS) is 3. The van der Waals surface area contributed by atoms with Gasteiger partial charge in [0, 0.05) is 17.3 Å². The van der Waals surface area contributed by atoms with Crippen LogP contribution in [0.1, 0.15) is 329 Å². The number of carbonyl (C=O) groups is 3.